The minimum absolute atomic E-state index is 0.555. The molecule has 2 rings (SSSR count). The van der Waals surface area contributed by atoms with Crippen molar-refractivity contribution >= 4 is 0 Å². The van der Waals surface area contributed by atoms with E-state index in [9.17, 15) is 0 Å². The largest absolute Gasteiger partial charge is 0.497 e. The molecule has 0 saturated heterocycles. The van der Waals surface area contributed by atoms with Gasteiger partial charge in [0.25, 0.3) is 0 Å². The molecule has 3 nitrogen and oxygen atoms in total. The molecule has 100 valence electrons. The van der Waals surface area contributed by atoms with Crippen LogP contribution in [0.4, 0.5) is 0 Å². The minimum Gasteiger partial charge on any atom is -0.497 e. The summed E-state index contributed by atoms with van der Waals surface area (Å²) < 4.78 is 10.8. The van der Waals surface area contributed by atoms with Gasteiger partial charge in [0.15, 0.2) is 0 Å². The van der Waals surface area contributed by atoms with E-state index >= 15 is 0 Å². The van der Waals surface area contributed by atoms with Gasteiger partial charge >= 0.3 is 0 Å². The molecular weight excluding hydrogens is 226 g/mol. The van der Waals surface area contributed by atoms with Gasteiger partial charge in [-0.25, -0.2) is 0 Å². The van der Waals surface area contributed by atoms with Gasteiger partial charge in [0.2, 0.25) is 0 Å². The number of rotatable bonds is 4. The molecule has 3 heteroatoms. The fourth-order valence-corrected chi connectivity index (χ4v) is 2.67. The van der Waals surface area contributed by atoms with Crippen LogP contribution in [0, 0.1) is 5.92 Å². The second-order valence-electron chi connectivity index (χ2n) is 5.38. The van der Waals surface area contributed by atoms with Crippen molar-refractivity contribution in [1.29, 1.82) is 0 Å². The van der Waals surface area contributed by atoms with Gasteiger partial charge in [0, 0.05) is 24.2 Å². The summed E-state index contributed by atoms with van der Waals surface area (Å²) in [4.78, 5) is 0. The van der Waals surface area contributed by atoms with Gasteiger partial charge in [0.1, 0.15) is 11.5 Å². The van der Waals surface area contributed by atoms with E-state index in [-0.39, 0.29) is 0 Å². The number of hydrogen-bond donors (Lipinski definition) is 1. The molecule has 1 aromatic carbocycles. The maximum atomic E-state index is 5.50. The summed E-state index contributed by atoms with van der Waals surface area (Å²) in [6.45, 7) is 5.44. The van der Waals surface area contributed by atoms with Crippen LogP contribution in [-0.2, 0) is 13.0 Å². The summed E-state index contributed by atoms with van der Waals surface area (Å²) >= 11 is 0. The predicted octanol–water partition coefficient (Wildman–Crippen LogP) is 2.76. The van der Waals surface area contributed by atoms with Crippen molar-refractivity contribution < 1.29 is 9.47 Å². The number of ether oxygens (including phenoxy) is 2. The minimum atomic E-state index is 0.555. The number of hydrogen-bond acceptors (Lipinski definition) is 3. The third-order valence-electron chi connectivity index (χ3n) is 3.52. The average Bonchev–Trinajstić information content (AvgIpc) is 2.36. The van der Waals surface area contributed by atoms with Crippen LogP contribution in [0.15, 0.2) is 12.1 Å². The molecule has 0 aliphatic carbocycles. The highest BCUT2D eigenvalue weighted by atomic mass is 16.5. The molecule has 0 fully saturated rings. The molecule has 0 spiro atoms. The first-order valence-corrected chi connectivity index (χ1v) is 6.61. The second kappa shape index (κ2) is 5.61. The maximum Gasteiger partial charge on any atom is 0.126 e. The molecule has 1 aliphatic rings. The fourth-order valence-electron chi connectivity index (χ4n) is 2.67. The Morgan fingerprint density at radius 2 is 2.06 bits per heavy atom. The van der Waals surface area contributed by atoms with Crippen molar-refractivity contribution in [3.8, 4) is 11.5 Å². The molecular formula is C15H23NO2. The smallest absolute Gasteiger partial charge is 0.126 e. The lowest BCUT2D eigenvalue weighted by Crippen LogP contribution is -2.36. The average molecular weight is 249 g/mol. The van der Waals surface area contributed by atoms with Crippen LogP contribution >= 0.6 is 0 Å². The summed E-state index contributed by atoms with van der Waals surface area (Å²) in [6.07, 6.45) is 2.25. The molecule has 0 aromatic heterocycles. The lowest BCUT2D eigenvalue weighted by Gasteiger charge is -2.29. The Labute approximate surface area is 109 Å². The van der Waals surface area contributed by atoms with E-state index in [2.05, 4.69) is 25.2 Å². The van der Waals surface area contributed by atoms with Crippen LogP contribution in [0.5, 0.6) is 11.5 Å². The lowest BCUT2D eigenvalue weighted by atomic mass is 9.90. The van der Waals surface area contributed by atoms with Gasteiger partial charge in [-0.2, -0.15) is 0 Å². The molecule has 18 heavy (non-hydrogen) atoms. The molecule has 1 heterocycles. The number of nitrogens with one attached hydrogen (secondary N) is 1. The van der Waals surface area contributed by atoms with E-state index in [0.29, 0.717) is 12.0 Å². The third-order valence-corrected chi connectivity index (χ3v) is 3.52. The molecule has 0 radical (unpaired) electrons. The summed E-state index contributed by atoms with van der Waals surface area (Å²) in [5.74, 6) is 2.54. The van der Waals surface area contributed by atoms with E-state index in [0.717, 1.165) is 24.5 Å². The van der Waals surface area contributed by atoms with E-state index in [4.69, 9.17) is 9.47 Å². The monoisotopic (exact) mass is 249 g/mol. The molecule has 0 bridgehead atoms. The Bertz CT molecular complexity index is 398. The quantitative estimate of drug-likeness (QED) is 0.890. The van der Waals surface area contributed by atoms with Crippen LogP contribution in [0.1, 0.15) is 31.4 Å². The van der Waals surface area contributed by atoms with Crippen molar-refractivity contribution in [3.63, 3.8) is 0 Å². The Morgan fingerprint density at radius 3 is 2.67 bits per heavy atom. The van der Waals surface area contributed by atoms with Crippen molar-refractivity contribution in [1.82, 2.24) is 5.32 Å². The van der Waals surface area contributed by atoms with Gasteiger partial charge < -0.3 is 14.8 Å². The zero-order chi connectivity index (χ0) is 13.1. The molecule has 0 amide bonds. The van der Waals surface area contributed by atoms with Gasteiger partial charge in [0.05, 0.1) is 14.2 Å². The molecule has 0 saturated carbocycles. The van der Waals surface area contributed by atoms with Crippen molar-refractivity contribution in [2.24, 2.45) is 5.92 Å². The summed E-state index contributed by atoms with van der Waals surface area (Å²) in [6, 6.07) is 4.65. The summed E-state index contributed by atoms with van der Waals surface area (Å²) in [5.41, 5.74) is 2.63. The first-order chi connectivity index (χ1) is 8.63. The molecule has 1 atom stereocenters. The van der Waals surface area contributed by atoms with E-state index in [1.54, 1.807) is 14.2 Å². The first kappa shape index (κ1) is 13.2. The van der Waals surface area contributed by atoms with E-state index in [1.165, 1.54) is 17.5 Å². The lowest BCUT2D eigenvalue weighted by molar-refractivity contribution is 0.364. The van der Waals surface area contributed by atoms with Crippen molar-refractivity contribution in [2.75, 3.05) is 14.2 Å². The van der Waals surface area contributed by atoms with E-state index in [1.807, 2.05) is 6.07 Å². The van der Waals surface area contributed by atoms with Crippen LogP contribution in [0.3, 0.4) is 0 Å². The highest BCUT2D eigenvalue weighted by Gasteiger charge is 2.22. The Balaban J connectivity index is 2.25. The highest BCUT2D eigenvalue weighted by molar-refractivity contribution is 5.48. The summed E-state index contributed by atoms with van der Waals surface area (Å²) in [7, 11) is 3.42. The SMILES string of the molecule is COc1cc2c(c(OC)c1)CC(CC(C)C)NC2. The van der Waals surface area contributed by atoms with Crippen LogP contribution < -0.4 is 14.8 Å². The normalized spacial score (nSPS) is 18.6. The standard InChI is InChI=1S/C15H23NO2/c1-10(2)5-12-7-14-11(9-16-12)6-13(17-3)8-15(14)18-4/h6,8,10,12,16H,5,7,9H2,1-4H3. The van der Waals surface area contributed by atoms with Gasteiger partial charge in [-0.05, 0) is 30.4 Å². The number of methoxy groups -OCH3 is 2. The van der Waals surface area contributed by atoms with E-state index < -0.39 is 0 Å². The Hall–Kier alpha value is -1.22. The van der Waals surface area contributed by atoms with Gasteiger partial charge in [-0.1, -0.05) is 13.8 Å². The summed E-state index contributed by atoms with van der Waals surface area (Å²) in [5, 5.41) is 3.60. The maximum absolute atomic E-state index is 5.50. The van der Waals surface area contributed by atoms with Crippen LogP contribution in [0.2, 0.25) is 0 Å². The third kappa shape index (κ3) is 2.78. The topological polar surface area (TPSA) is 30.5 Å². The second-order valence-corrected chi connectivity index (χ2v) is 5.38. The predicted molar refractivity (Wildman–Crippen MR) is 73.3 cm³/mol. The van der Waals surface area contributed by atoms with Gasteiger partial charge in [-0.3, -0.25) is 0 Å². The Morgan fingerprint density at radius 1 is 1.28 bits per heavy atom. The van der Waals surface area contributed by atoms with Crippen molar-refractivity contribution in [2.45, 2.75) is 39.3 Å². The van der Waals surface area contributed by atoms with Crippen molar-refractivity contribution in [3.05, 3.63) is 23.3 Å². The zero-order valence-corrected chi connectivity index (χ0v) is 11.7. The fraction of sp³-hybridized carbons (Fsp3) is 0.600. The van der Waals surface area contributed by atoms with Crippen LogP contribution in [0.25, 0.3) is 0 Å². The molecule has 1 N–H and O–H groups in total. The van der Waals surface area contributed by atoms with Gasteiger partial charge in [-0.15, -0.1) is 0 Å². The number of benzene rings is 1. The highest BCUT2D eigenvalue weighted by Crippen LogP contribution is 2.32. The Kier molecular flexibility index (Phi) is 4.12. The van der Waals surface area contributed by atoms with Crippen LogP contribution in [-0.4, -0.2) is 20.3 Å². The first-order valence-electron chi connectivity index (χ1n) is 6.61. The number of fused-ring (bicyclic) bond motifs is 1. The molecule has 1 aromatic rings. The molecule has 1 aliphatic heterocycles. The zero-order valence-electron chi connectivity index (χ0n) is 11.7. The molecule has 1 unspecified atom stereocenters.